The molecule has 0 bridgehead atoms. The summed E-state index contributed by atoms with van der Waals surface area (Å²) in [5.74, 6) is 0.661. The number of hydrogen-bond donors (Lipinski definition) is 1. The van der Waals surface area contributed by atoms with E-state index in [4.69, 9.17) is 9.47 Å². The molecule has 4 nitrogen and oxygen atoms in total. The lowest BCUT2D eigenvalue weighted by molar-refractivity contribution is -0.134. The van der Waals surface area contributed by atoms with Gasteiger partial charge in [0.15, 0.2) is 0 Å². The molecule has 1 aromatic heterocycles. The van der Waals surface area contributed by atoms with Crippen LogP contribution in [0.1, 0.15) is 45.4 Å². The average molecular weight is 290 g/mol. The van der Waals surface area contributed by atoms with Gasteiger partial charge in [-0.2, -0.15) is 0 Å². The number of hydrogen-bond acceptors (Lipinski definition) is 4. The van der Waals surface area contributed by atoms with E-state index in [9.17, 15) is 0 Å². The average Bonchev–Trinajstić information content (AvgIpc) is 2.55. The van der Waals surface area contributed by atoms with Crippen LogP contribution in [0, 0.1) is 5.41 Å². The van der Waals surface area contributed by atoms with Gasteiger partial charge in [0.2, 0.25) is 5.88 Å². The lowest BCUT2D eigenvalue weighted by Crippen LogP contribution is -2.62. The molecule has 116 valence electrons. The number of nitrogens with one attached hydrogen (secondary N) is 1. The van der Waals surface area contributed by atoms with Crippen LogP contribution in [-0.2, 0) is 4.74 Å². The Bertz CT molecular complexity index is 454. The Kier molecular flexibility index (Phi) is 4.34. The highest BCUT2D eigenvalue weighted by Crippen LogP contribution is 2.54. The number of aromatic nitrogens is 1. The van der Waals surface area contributed by atoms with Crippen molar-refractivity contribution in [2.45, 2.75) is 57.6 Å². The van der Waals surface area contributed by atoms with Crippen molar-refractivity contribution in [2.24, 2.45) is 5.41 Å². The summed E-state index contributed by atoms with van der Waals surface area (Å²) < 4.78 is 11.1. The van der Waals surface area contributed by atoms with Crippen LogP contribution in [0.4, 0.5) is 5.69 Å². The van der Waals surface area contributed by atoms with Crippen LogP contribution in [0.15, 0.2) is 18.3 Å². The first kappa shape index (κ1) is 14.6. The van der Waals surface area contributed by atoms with E-state index in [-0.39, 0.29) is 0 Å². The van der Waals surface area contributed by atoms with Crippen LogP contribution >= 0.6 is 0 Å². The van der Waals surface area contributed by atoms with Crippen LogP contribution in [0.5, 0.6) is 5.88 Å². The van der Waals surface area contributed by atoms with Gasteiger partial charge in [-0.15, -0.1) is 0 Å². The fourth-order valence-electron chi connectivity index (χ4n) is 4.05. The van der Waals surface area contributed by atoms with Crippen LogP contribution in [0.3, 0.4) is 0 Å². The standard InChI is InChI=1S/C17H26N2O2/c1-3-21-15-11-14(17(15)9-5-4-6-10-17)19-13-7-8-16(20-2)18-12-13/h7-8,12,14-15,19H,3-6,9-11H2,1-2H3. The topological polar surface area (TPSA) is 43.4 Å². The third kappa shape index (κ3) is 2.73. The minimum atomic E-state index is 0.341. The second-order valence-electron chi connectivity index (χ2n) is 6.26. The highest BCUT2D eigenvalue weighted by molar-refractivity contribution is 5.44. The van der Waals surface area contributed by atoms with Crippen LogP contribution < -0.4 is 10.1 Å². The first-order chi connectivity index (χ1) is 10.3. The van der Waals surface area contributed by atoms with Gasteiger partial charge >= 0.3 is 0 Å². The van der Waals surface area contributed by atoms with E-state index >= 15 is 0 Å². The molecule has 21 heavy (non-hydrogen) atoms. The molecule has 0 aromatic carbocycles. The molecule has 2 aliphatic carbocycles. The Labute approximate surface area is 127 Å². The molecule has 2 saturated carbocycles. The number of rotatable bonds is 5. The normalized spacial score (nSPS) is 27.1. The molecule has 2 fully saturated rings. The number of anilines is 1. The van der Waals surface area contributed by atoms with E-state index in [0.717, 1.165) is 18.7 Å². The molecule has 2 atom stereocenters. The molecule has 1 N–H and O–H groups in total. The van der Waals surface area contributed by atoms with Gasteiger partial charge in [0.1, 0.15) is 0 Å². The fraction of sp³-hybridized carbons (Fsp3) is 0.706. The number of ether oxygens (including phenoxy) is 2. The van der Waals surface area contributed by atoms with Gasteiger partial charge in [-0.25, -0.2) is 4.98 Å². The Balaban J connectivity index is 1.69. The fourth-order valence-corrected chi connectivity index (χ4v) is 4.05. The van der Waals surface area contributed by atoms with E-state index in [1.54, 1.807) is 7.11 Å². The third-order valence-electron chi connectivity index (χ3n) is 5.22. The summed E-state index contributed by atoms with van der Waals surface area (Å²) in [6.07, 6.45) is 10.0. The van der Waals surface area contributed by atoms with E-state index in [1.165, 1.54) is 32.1 Å². The molecule has 2 unspecified atom stereocenters. The van der Waals surface area contributed by atoms with Gasteiger partial charge in [0.05, 0.1) is 25.1 Å². The zero-order valence-corrected chi connectivity index (χ0v) is 13.1. The van der Waals surface area contributed by atoms with Crippen LogP contribution in [0.2, 0.25) is 0 Å². The molecule has 0 amide bonds. The molecule has 0 saturated heterocycles. The van der Waals surface area contributed by atoms with Crippen molar-refractivity contribution in [2.75, 3.05) is 19.0 Å². The maximum atomic E-state index is 6.00. The first-order valence-corrected chi connectivity index (χ1v) is 8.16. The lowest BCUT2D eigenvalue weighted by Gasteiger charge is -2.58. The monoisotopic (exact) mass is 290 g/mol. The lowest BCUT2D eigenvalue weighted by atomic mass is 9.55. The molecule has 4 heteroatoms. The van der Waals surface area contributed by atoms with Crippen molar-refractivity contribution in [3.63, 3.8) is 0 Å². The van der Waals surface area contributed by atoms with E-state index in [1.807, 2.05) is 12.3 Å². The molecular formula is C17H26N2O2. The summed E-state index contributed by atoms with van der Waals surface area (Å²) in [7, 11) is 1.64. The van der Waals surface area contributed by atoms with Gasteiger partial charge in [-0.1, -0.05) is 19.3 Å². The zero-order valence-electron chi connectivity index (χ0n) is 13.1. The summed E-state index contributed by atoms with van der Waals surface area (Å²) in [5, 5.41) is 3.68. The summed E-state index contributed by atoms with van der Waals surface area (Å²) in [5.41, 5.74) is 1.43. The Morgan fingerprint density at radius 3 is 2.71 bits per heavy atom. The predicted molar refractivity (Wildman–Crippen MR) is 83.7 cm³/mol. The van der Waals surface area contributed by atoms with Crippen molar-refractivity contribution in [1.29, 1.82) is 0 Å². The second-order valence-corrected chi connectivity index (χ2v) is 6.26. The number of nitrogens with zero attached hydrogens (tertiary/aromatic N) is 1. The summed E-state index contributed by atoms with van der Waals surface area (Å²) in [6.45, 7) is 2.92. The molecular weight excluding hydrogens is 264 g/mol. The van der Waals surface area contributed by atoms with Crippen molar-refractivity contribution in [1.82, 2.24) is 4.98 Å². The Hall–Kier alpha value is -1.29. The quantitative estimate of drug-likeness (QED) is 0.899. The van der Waals surface area contributed by atoms with Crippen molar-refractivity contribution < 1.29 is 9.47 Å². The molecule has 0 aliphatic heterocycles. The third-order valence-corrected chi connectivity index (χ3v) is 5.22. The molecule has 1 aromatic rings. The maximum absolute atomic E-state index is 6.00. The molecule has 1 heterocycles. The summed E-state index contributed by atoms with van der Waals surface area (Å²) >= 11 is 0. The van der Waals surface area contributed by atoms with Gasteiger partial charge in [-0.05, 0) is 32.3 Å². The Morgan fingerprint density at radius 2 is 2.10 bits per heavy atom. The van der Waals surface area contributed by atoms with Crippen LogP contribution in [0.25, 0.3) is 0 Å². The van der Waals surface area contributed by atoms with E-state index in [0.29, 0.717) is 23.4 Å². The zero-order chi connectivity index (χ0) is 14.7. The second kappa shape index (κ2) is 6.22. The number of methoxy groups -OCH3 is 1. The highest BCUT2D eigenvalue weighted by Gasteiger charge is 2.55. The van der Waals surface area contributed by atoms with Gasteiger partial charge in [0, 0.05) is 24.1 Å². The van der Waals surface area contributed by atoms with Crippen LogP contribution in [-0.4, -0.2) is 30.8 Å². The smallest absolute Gasteiger partial charge is 0.213 e. The highest BCUT2D eigenvalue weighted by atomic mass is 16.5. The molecule has 0 radical (unpaired) electrons. The molecule has 1 spiro atoms. The van der Waals surface area contributed by atoms with Crippen molar-refractivity contribution in [3.05, 3.63) is 18.3 Å². The minimum Gasteiger partial charge on any atom is -0.481 e. The first-order valence-electron chi connectivity index (χ1n) is 8.16. The van der Waals surface area contributed by atoms with E-state index < -0.39 is 0 Å². The Morgan fingerprint density at radius 1 is 1.29 bits per heavy atom. The van der Waals surface area contributed by atoms with E-state index in [2.05, 4.69) is 23.3 Å². The van der Waals surface area contributed by atoms with Crippen molar-refractivity contribution >= 4 is 5.69 Å². The SMILES string of the molecule is CCOC1CC(Nc2ccc(OC)nc2)C12CCCCC2. The predicted octanol–water partition coefficient (Wildman–Crippen LogP) is 3.63. The van der Waals surface area contributed by atoms with Gasteiger partial charge in [-0.3, -0.25) is 0 Å². The summed E-state index contributed by atoms with van der Waals surface area (Å²) in [4.78, 5) is 4.28. The molecule has 3 rings (SSSR count). The maximum Gasteiger partial charge on any atom is 0.213 e. The van der Waals surface area contributed by atoms with Gasteiger partial charge < -0.3 is 14.8 Å². The van der Waals surface area contributed by atoms with Gasteiger partial charge in [0.25, 0.3) is 0 Å². The largest absolute Gasteiger partial charge is 0.481 e. The van der Waals surface area contributed by atoms with Crippen molar-refractivity contribution in [3.8, 4) is 5.88 Å². The summed E-state index contributed by atoms with van der Waals surface area (Å²) in [6, 6.07) is 4.48. The number of pyridine rings is 1. The molecule has 2 aliphatic rings. The minimum absolute atomic E-state index is 0.341.